The number of fused-ring (bicyclic) bond motifs is 1. The summed E-state index contributed by atoms with van der Waals surface area (Å²) in [5.41, 5.74) is 3.78. The van der Waals surface area contributed by atoms with Crippen molar-refractivity contribution in [1.82, 2.24) is 10.5 Å². The van der Waals surface area contributed by atoms with Crippen LogP contribution < -0.4 is 10.4 Å². The molecule has 3 aliphatic rings. The largest absolute Gasteiger partial charge is 0.378 e. The average Bonchev–Trinajstić information content (AvgIpc) is 3.19. The zero-order valence-electron chi connectivity index (χ0n) is 12.7. The first kappa shape index (κ1) is 15.4. The van der Waals surface area contributed by atoms with Crippen LogP contribution in [0.5, 0.6) is 0 Å². The minimum atomic E-state index is -0.517. The third kappa shape index (κ3) is 2.43. The van der Waals surface area contributed by atoms with E-state index in [0.29, 0.717) is 45.2 Å². The minimum Gasteiger partial charge on any atom is -0.378 e. The second-order valence-electron chi connectivity index (χ2n) is 5.59. The molecule has 3 aliphatic heterocycles. The molecule has 4 rings (SSSR count). The molecule has 0 saturated carbocycles. The van der Waals surface area contributed by atoms with E-state index >= 15 is 0 Å². The van der Waals surface area contributed by atoms with Crippen LogP contribution in [0.3, 0.4) is 0 Å². The molecule has 9 heteroatoms. The van der Waals surface area contributed by atoms with Crippen LogP contribution in [0.2, 0.25) is 5.02 Å². The van der Waals surface area contributed by atoms with Gasteiger partial charge in [-0.3, -0.25) is 19.9 Å². The van der Waals surface area contributed by atoms with E-state index in [2.05, 4.69) is 10.6 Å². The summed E-state index contributed by atoms with van der Waals surface area (Å²) in [4.78, 5) is 32.1. The second kappa shape index (κ2) is 6.04. The fourth-order valence-corrected chi connectivity index (χ4v) is 3.29. The van der Waals surface area contributed by atoms with Gasteiger partial charge in [0.05, 0.1) is 41.7 Å². The van der Waals surface area contributed by atoms with Gasteiger partial charge in [-0.2, -0.15) is 5.01 Å². The number of hydroxylamine groups is 1. The fourth-order valence-electron chi connectivity index (χ4n) is 2.93. The third-order valence-electron chi connectivity index (χ3n) is 4.15. The first-order valence-corrected chi connectivity index (χ1v) is 8.04. The summed E-state index contributed by atoms with van der Waals surface area (Å²) in [6.45, 7) is 3.03. The number of morpholine rings is 1. The number of benzene rings is 1. The van der Waals surface area contributed by atoms with Crippen LogP contribution in [0, 0.1) is 0 Å². The number of hydrazone groups is 1. The number of halogens is 1. The summed E-state index contributed by atoms with van der Waals surface area (Å²) in [5.74, 6) is -0.558. The van der Waals surface area contributed by atoms with Crippen LogP contribution in [0.1, 0.15) is 27.1 Å². The summed E-state index contributed by atoms with van der Waals surface area (Å²) in [6.07, 6.45) is 0.514. The molecule has 1 aromatic rings. The molecule has 8 nitrogen and oxygen atoms in total. The zero-order valence-corrected chi connectivity index (χ0v) is 13.5. The van der Waals surface area contributed by atoms with Crippen LogP contribution in [-0.2, 0) is 9.57 Å². The van der Waals surface area contributed by atoms with Gasteiger partial charge in [-0.25, -0.2) is 0 Å². The monoisotopic (exact) mass is 350 g/mol. The Morgan fingerprint density at radius 2 is 1.92 bits per heavy atom. The Bertz CT molecular complexity index is 737. The summed E-state index contributed by atoms with van der Waals surface area (Å²) >= 11 is 6.46. The van der Waals surface area contributed by atoms with Gasteiger partial charge in [0.1, 0.15) is 5.84 Å². The maximum absolute atomic E-state index is 12.7. The fraction of sp³-hybridized carbons (Fsp3) is 0.400. The molecule has 0 radical (unpaired) electrons. The molecule has 2 fully saturated rings. The van der Waals surface area contributed by atoms with Crippen LogP contribution in [0.25, 0.3) is 0 Å². The summed E-state index contributed by atoms with van der Waals surface area (Å²) in [5, 5.41) is 5.18. The standard InChI is InChI=1S/C15H15ClN4O4/c16-13-10(19-4-7-23-8-5-19)2-1-9-12(13)15(22)20(14(9)21)17-11-3-6-24-18-11/h1-2H,3-8H2,(H,17,18). The van der Waals surface area contributed by atoms with Crippen molar-refractivity contribution in [3.63, 3.8) is 0 Å². The molecule has 2 amide bonds. The van der Waals surface area contributed by atoms with E-state index in [1.807, 2.05) is 4.90 Å². The number of imide groups is 1. The number of anilines is 1. The number of rotatable bonds is 2. The van der Waals surface area contributed by atoms with Gasteiger partial charge in [-0.15, -0.1) is 5.10 Å². The normalized spacial score (nSPS) is 22.3. The van der Waals surface area contributed by atoms with Crippen LogP contribution in [-0.4, -0.2) is 55.6 Å². The molecule has 0 aliphatic carbocycles. The van der Waals surface area contributed by atoms with Crippen molar-refractivity contribution in [2.75, 3.05) is 37.8 Å². The Kier molecular flexibility index (Phi) is 3.87. The van der Waals surface area contributed by atoms with Gasteiger partial charge in [0, 0.05) is 19.5 Å². The van der Waals surface area contributed by atoms with Gasteiger partial charge in [0.2, 0.25) is 0 Å². The number of nitrogens with one attached hydrogen (secondary N) is 1. The van der Waals surface area contributed by atoms with Gasteiger partial charge >= 0.3 is 0 Å². The van der Waals surface area contributed by atoms with Crippen molar-refractivity contribution in [3.05, 3.63) is 28.3 Å². The van der Waals surface area contributed by atoms with Crippen molar-refractivity contribution in [2.24, 2.45) is 5.10 Å². The van der Waals surface area contributed by atoms with E-state index in [0.717, 1.165) is 10.7 Å². The Balaban J connectivity index is 1.70. The molecule has 0 bridgehead atoms. The molecule has 3 heterocycles. The number of carbonyl (C=O) groups is 2. The van der Waals surface area contributed by atoms with Gasteiger partial charge < -0.3 is 9.64 Å². The van der Waals surface area contributed by atoms with Gasteiger partial charge in [-0.1, -0.05) is 11.6 Å². The SMILES string of the molecule is O=C1c2ccc(N3CCOCC3)c(Cl)c2C(=O)N1/N=C1\CCON1. The van der Waals surface area contributed by atoms with Crippen LogP contribution in [0.4, 0.5) is 5.69 Å². The van der Waals surface area contributed by atoms with E-state index in [9.17, 15) is 9.59 Å². The smallest absolute Gasteiger partial charge is 0.283 e. The van der Waals surface area contributed by atoms with E-state index in [1.54, 1.807) is 12.1 Å². The lowest BCUT2D eigenvalue weighted by Crippen LogP contribution is -2.36. The Labute approximate surface area is 142 Å². The van der Waals surface area contributed by atoms with Gasteiger partial charge in [-0.05, 0) is 12.1 Å². The number of carbonyl (C=O) groups excluding carboxylic acids is 2. The van der Waals surface area contributed by atoms with E-state index in [4.69, 9.17) is 21.2 Å². The van der Waals surface area contributed by atoms with E-state index in [1.165, 1.54) is 0 Å². The molecule has 0 aromatic heterocycles. The van der Waals surface area contributed by atoms with Crippen molar-refractivity contribution in [3.8, 4) is 0 Å². The maximum Gasteiger partial charge on any atom is 0.283 e. The highest BCUT2D eigenvalue weighted by Gasteiger charge is 2.39. The zero-order chi connectivity index (χ0) is 16.7. The first-order chi connectivity index (χ1) is 11.7. The number of hydrogen-bond acceptors (Lipinski definition) is 6. The average molecular weight is 351 g/mol. The highest BCUT2D eigenvalue weighted by molar-refractivity contribution is 6.39. The van der Waals surface area contributed by atoms with Crippen LogP contribution in [0.15, 0.2) is 17.2 Å². The number of hydrogen-bond donors (Lipinski definition) is 1. The Morgan fingerprint density at radius 1 is 1.12 bits per heavy atom. The van der Waals surface area contributed by atoms with Crippen LogP contribution >= 0.6 is 11.6 Å². The molecule has 126 valence electrons. The highest BCUT2D eigenvalue weighted by Crippen LogP contribution is 2.37. The van der Waals surface area contributed by atoms with Crippen molar-refractivity contribution in [1.29, 1.82) is 0 Å². The summed E-state index contributed by atoms with van der Waals surface area (Å²) < 4.78 is 5.33. The summed E-state index contributed by atoms with van der Waals surface area (Å²) in [7, 11) is 0. The van der Waals surface area contributed by atoms with Gasteiger partial charge in [0.15, 0.2) is 0 Å². The third-order valence-corrected chi connectivity index (χ3v) is 4.54. The predicted molar refractivity (Wildman–Crippen MR) is 86.1 cm³/mol. The lowest BCUT2D eigenvalue weighted by Gasteiger charge is -2.29. The molecule has 0 atom stereocenters. The Hall–Kier alpha value is -2.16. The quantitative estimate of drug-likeness (QED) is 0.801. The number of nitrogens with zero attached hydrogens (tertiary/aromatic N) is 3. The van der Waals surface area contributed by atoms with E-state index in [-0.39, 0.29) is 16.1 Å². The molecule has 24 heavy (non-hydrogen) atoms. The second-order valence-corrected chi connectivity index (χ2v) is 5.97. The lowest BCUT2D eigenvalue weighted by molar-refractivity contribution is 0.0655. The molecule has 1 N–H and O–H groups in total. The van der Waals surface area contributed by atoms with Gasteiger partial charge in [0.25, 0.3) is 11.8 Å². The summed E-state index contributed by atoms with van der Waals surface area (Å²) in [6, 6.07) is 3.40. The van der Waals surface area contributed by atoms with E-state index < -0.39 is 11.8 Å². The number of amides is 2. The molecule has 1 aromatic carbocycles. The lowest BCUT2D eigenvalue weighted by atomic mass is 10.1. The molecule has 0 spiro atoms. The van der Waals surface area contributed by atoms with Crippen molar-refractivity contribution >= 4 is 34.9 Å². The first-order valence-electron chi connectivity index (χ1n) is 7.66. The molecular formula is C15H15ClN4O4. The number of amidine groups is 1. The van der Waals surface area contributed by atoms with Crippen molar-refractivity contribution < 1.29 is 19.2 Å². The maximum atomic E-state index is 12.7. The minimum absolute atomic E-state index is 0.203. The highest BCUT2D eigenvalue weighted by atomic mass is 35.5. The molecule has 0 unspecified atom stereocenters. The van der Waals surface area contributed by atoms with Crippen molar-refractivity contribution in [2.45, 2.75) is 6.42 Å². The molecular weight excluding hydrogens is 336 g/mol. The predicted octanol–water partition coefficient (Wildman–Crippen LogP) is 1.01. The number of ether oxygens (including phenoxy) is 1. The Morgan fingerprint density at radius 3 is 2.62 bits per heavy atom. The molecule has 2 saturated heterocycles. The topological polar surface area (TPSA) is 83.5 Å².